The van der Waals surface area contributed by atoms with Crippen molar-refractivity contribution in [2.45, 2.75) is 25.8 Å². The van der Waals surface area contributed by atoms with Crippen LogP contribution in [-0.2, 0) is 17.8 Å². The van der Waals surface area contributed by atoms with Crippen LogP contribution in [0.1, 0.15) is 24.0 Å². The lowest BCUT2D eigenvalue weighted by Gasteiger charge is -2.31. The highest BCUT2D eigenvalue weighted by molar-refractivity contribution is 5.93. The van der Waals surface area contributed by atoms with E-state index in [1.165, 1.54) is 5.56 Å². The molecule has 6 nitrogen and oxygen atoms in total. The van der Waals surface area contributed by atoms with Crippen LogP contribution >= 0.6 is 0 Å². The van der Waals surface area contributed by atoms with Crippen LogP contribution in [0.25, 0.3) is 0 Å². The molecule has 1 amide bonds. The number of likely N-dealkylation sites (tertiary alicyclic amines) is 1. The zero-order chi connectivity index (χ0) is 19.9. The number of piperidine rings is 1. The third kappa shape index (κ3) is 5.51. The standard InChI is InChI=1S/C23H27N5O/c29-23(18-27-13-10-20(11-14-27)17-28-15-12-24-26-28)25-22-9-5-4-8-21(22)16-19-6-2-1-3-7-19/h1-9,12,15,20H,10-11,13-14,16-18H2,(H,25,29). The number of nitrogens with zero attached hydrogens (tertiary/aromatic N) is 4. The van der Waals surface area contributed by atoms with Gasteiger partial charge in [-0.2, -0.15) is 0 Å². The van der Waals surface area contributed by atoms with Crippen LogP contribution < -0.4 is 5.32 Å². The molecule has 1 N–H and O–H groups in total. The van der Waals surface area contributed by atoms with Gasteiger partial charge in [0.1, 0.15) is 0 Å². The number of anilines is 1. The molecular formula is C23H27N5O. The van der Waals surface area contributed by atoms with Gasteiger partial charge in [0.25, 0.3) is 0 Å². The summed E-state index contributed by atoms with van der Waals surface area (Å²) in [6.07, 6.45) is 6.60. The Kier molecular flexibility index (Phi) is 6.32. The Morgan fingerprint density at radius 1 is 1.03 bits per heavy atom. The number of para-hydroxylation sites is 1. The lowest BCUT2D eigenvalue weighted by molar-refractivity contribution is -0.117. The van der Waals surface area contributed by atoms with E-state index in [0.717, 1.165) is 50.1 Å². The third-order valence-electron chi connectivity index (χ3n) is 5.52. The second-order valence-corrected chi connectivity index (χ2v) is 7.71. The summed E-state index contributed by atoms with van der Waals surface area (Å²) < 4.78 is 1.90. The molecule has 0 unspecified atom stereocenters. The molecule has 1 aromatic heterocycles. The largest absolute Gasteiger partial charge is 0.325 e. The van der Waals surface area contributed by atoms with Gasteiger partial charge in [-0.05, 0) is 55.5 Å². The van der Waals surface area contributed by atoms with Gasteiger partial charge in [-0.1, -0.05) is 53.7 Å². The van der Waals surface area contributed by atoms with Gasteiger partial charge >= 0.3 is 0 Å². The molecule has 1 aliphatic rings. The van der Waals surface area contributed by atoms with E-state index < -0.39 is 0 Å². The van der Waals surface area contributed by atoms with Crippen LogP contribution in [0.3, 0.4) is 0 Å². The number of nitrogens with one attached hydrogen (secondary N) is 1. The van der Waals surface area contributed by atoms with Crippen molar-refractivity contribution < 1.29 is 4.79 Å². The minimum Gasteiger partial charge on any atom is -0.325 e. The second kappa shape index (κ2) is 9.47. The molecule has 0 spiro atoms. The zero-order valence-corrected chi connectivity index (χ0v) is 16.6. The molecule has 2 aromatic carbocycles. The average Bonchev–Trinajstić information content (AvgIpc) is 3.25. The number of benzene rings is 2. The molecule has 1 aliphatic heterocycles. The fourth-order valence-corrected chi connectivity index (χ4v) is 3.93. The molecule has 1 saturated heterocycles. The van der Waals surface area contributed by atoms with Crippen LogP contribution in [0.2, 0.25) is 0 Å². The van der Waals surface area contributed by atoms with Gasteiger partial charge in [0, 0.05) is 18.4 Å². The highest BCUT2D eigenvalue weighted by atomic mass is 16.2. The molecule has 3 aromatic rings. The average molecular weight is 390 g/mol. The predicted molar refractivity (Wildman–Crippen MR) is 114 cm³/mol. The maximum absolute atomic E-state index is 12.6. The van der Waals surface area contributed by atoms with Crippen LogP contribution in [0.5, 0.6) is 0 Å². The van der Waals surface area contributed by atoms with Crippen molar-refractivity contribution in [3.05, 3.63) is 78.1 Å². The molecule has 0 saturated carbocycles. The maximum atomic E-state index is 12.6. The Labute approximate surface area is 171 Å². The van der Waals surface area contributed by atoms with Crippen molar-refractivity contribution in [1.82, 2.24) is 19.9 Å². The zero-order valence-electron chi connectivity index (χ0n) is 16.6. The fraction of sp³-hybridized carbons (Fsp3) is 0.348. The Morgan fingerprint density at radius 3 is 2.55 bits per heavy atom. The van der Waals surface area contributed by atoms with Crippen molar-refractivity contribution in [2.24, 2.45) is 5.92 Å². The highest BCUT2D eigenvalue weighted by Crippen LogP contribution is 2.21. The lowest BCUT2D eigenvalue weighted by Crippen LogP contribution is -2.40. The number of aromatic nitrogens is 3. The molecule has 0 aliphatic carbocycles. The van der Waals surface area contributed by atoms with Crippen LogP contribution in [0.4, 0.5) is 5.69 Å². The van der Waals surface area contributed by atoms with E-state index in [9.17, 15) is 4.79 Å². The molecule has 29 heavy (non-hydrogen) atoms. The number of carbonyl (C=O) groups is 1. The Bertz CT molecular complexity index is 902. The second-order valence-electron chi connectivity index (χ2n) is 7.71. The molecule has 0 atom stereocenters. The van der Waals surface area contributed by atoms with Gasteiger partial charge in [0.05, 0.1) is 12.7 Å². The van der Waals surface area contributed by atoms with E-state index in [-0.39, 0.29) is 5.91 Å². The summed E-state index contributed by atoms with van der Waals surface area (Å²) in [4.78, 5) is 14.9. The van der Waals surface area contributed by atoms with Crippen molar-refractivity contribution in [2.75, 3.05) is 25.0 Å². The summed E-state index contributed by atoms with van der Waals surface area (Å²) in [7, 11) is 0. The summed E-state index contributed by atoms with van der Waals surface area (Å²) in [5.41, 5.74) is 3.28. The Hall–Kier alpha value is -2.99. The van der Waals surface area contributed by atoms with E-state index in [0.29, 0.717) is 12.5 Å². The molecule has 6 heteroatoms. The van der Waals surface area contributed by atoms with Gasteiger partial charge in [-0.25, -0.2) is 0 Å². The summed E-state index contributed by atoms with van der Waals surface area (Å²) in [6.45, 7) is 3.24. The fourth-order valence-electron chi connectivity index (χ4n) is 3.93. The minimum absolute atomic E-state index is 0.0558. The molecule has 0 bridgehead atoms. The Morgan fingerprint density at radius 2 is 1.79 bits per heavy atom. The van der Waals surface area contributed by atoms with Gasteiger partial charge < -0.3 is 5.32 Å². The van der Waals surface area contributed by atoms with Gasteiger partial charge in [-0.3, -0.25) is 14.4 Å². The van der Waals surface area contributed by atoms with E-state index in [1.807, 2.05) is 47.3 Å². The first-order valence-corrected chi connectivity index (χ1v) is 10.2. The van der Waals surface area contributed by atoms with E-state index in [1.54, 1.807) is 6.20 Å². The molecule has 1 fully saturated rings. The molecule has 2 heterocycles. The van der Waals surface area contributed by atoms with Crippen LogP contribution in [-0.4, -0.2) is 45.4 Å². The molecule has 4 rings (SSSR count). The maximum Gasteiger partial charge on any atom is 0.238 e. The summed E-state index contributed by atoms with van der Waals surface area (Å²) in [6, 6.07) is 18.4. The minimum atomic E-state index is 0.0558. The topological polar surface area (TPSA) is 63.1 Å². The SMILES string of the molecule is O=C(CN1CCC(Cn2ccnn2)CC1)Nc1ccccc1Cc1ccccc1. The smallest absolute Gasteiger partial charge is 0.238 e. The van der Waals surface area contributed by atoms with E-state index in [4.69, 9.17) is 0 Å². The lowest BCUT2D eigenvalue weighted by atomic mass is 9.97. The van der Waals surface area contributed by atoms with Crippen molar-refractivity contribution in [1.29, 1.82) is 0 Å². The number of hydrogen-bond acceptors (Lipinski definition) is 4. The third-order valence-corrected chi connectivity index (χ3v) is 5.52. The first kappa shape index (κ1) is 19.3. The van der Waals surface area contributed by atoms with Gasteiger partial charge in [0.2, 0.25) is 5.91 Å². The molecule has 0 radical (unpaired) electrons. The summed E-state index contributed by atoms with van der Waals surface area (Å²) in [5.74, 6) is 0.655. The van der Waals surface area contributed by atoms with Crippen molar-refractivity contribution in [3.63, 3.8) is 0 Å². The summed E-state index contributed by atoms with van der Waals surface area (Å²) >= 11 is 0. The van der Waals surface area contributed by atoms with Gasteiger partial charge in [0.15, 0.2) is 0 Å². The molecular weight excluding hydrogens is 362 g/mol. The first-order valence-electron chi connectivity index (χ1n) is 10.2. The number of rotatable bonds is 7. The van der Waals surface area contributed by atoms with Crippen molar-refractivity contribution >= 4 is 11.6 Å². The van der Waals surface area contributed by atoms with Crippen LogP contribution in [0, 0.1) is 5.92 Å². The van der Waals surface area contributed by atoms with Crippen molar-refractivity contribution in [3.8, 4) is 0 Å². The summed E-state index contributed by atoms with van der Waals surface area (Å²) in [5, 5.41) is 11.0. The normalized spacial score (nSPS) is 15.3. The Balaban J connectivity index is 1.28. The monoisotopic (exact) mass is 389 g/mol. The first-order chi connectivity index (χ1) is 14.3. The molecule has 150 valence electrons. The quantitative estimate of drug-likeness (QED) is 0.674. The highest BCUT2D eigenvalue weighted by Gasteiger charge is 2.21. The predicted octanol–water partition coefficient (Wildman–Crippen LogP) is 3.22. The number of hydrogen-bond donors (Lipinski definition) is 1. The van der Waals surface area contributed by atoms with Gasteiger partial charge in [-0.15, -0.1) is 5.10 Å². The van der Waals surface area contributed by atoms with E-state index >= 15 is 0 Å². The van der Waals surface area contributed by atoms with E-state index in [2.05, 4.69) is 38.7 Å². The van der Waals surface area contributed by atoms with Crippen LogP contribution in [0.15, 0.2) is 67.0 Å². The number of carbonyl (C=O) groups excluding carboxylic acids is 1. The number of amides is 1.